The van der Waals surface area contributed by atoms with Gasteiger partial charge in [0.15, 0.2) is 0 Å². The maximum Gasteiger partial charge on any atom is 0.231 e. The van der Waals surface area contributed by atoms with Gasteiger partial charge in [-0.2, -0.15) is 0 Å². The lowest BCUT2D eigenvalue weighted by Gasteiger charge is -2.26. The number of aryl methyl sites for hydroxylation is 2. The van der Waals surface area contributed by atoms with Gasteiger partial charge in [-0.15, -0.1) is 0 Å². The van der Waals surface area contributed by atoms with E-state index in [0.717, 1.165) is 67.8 Å². The average molecular weight is 495 g/mol. The summed E-state index contributed by atoms with van der Waals surface area (Å²) in [5.74, 6) is -1.59. The first-order valence-electron chi connectivity index (χ1n) is 12.1. The number of primary amides is 1. The molecule has 2 heterocycles. The van der Waals surface area contributed by atoms with Gasteiger partial charge in [0.25, 0.3) is 0 Å². The van der Waals surface area contributed by atoms with Gasteiger partial charge < -0.3 is 11.1 Å². The van der Waals surface area contributed by atoms with E-state index in [2.05, 4.69) is 10.2 Å². The van der Waals surface area contributed by atoms with Crippen LogP contribution >= 0.6 is 11.6 Å². The number of rotatable bonds is 6. The largest absolute Gasteiger partial charge is 0.369 e. The van der Waals surface area contributed by atoms with Crippen molar-refractivity contribution in [3.63, 3.8) is 0 Å². The van der Waals surface area contributed by atoms with E-state index in [1.54, 1.807) is 12.1 Å². The van der Waals surface area contributed by atoms with Crippen LogP contribution in [0.3, 0.4) is 0 Å². The van der Waals surface area contributed by atoms with E-state index < -0.39 is 11.8 Å². The van der Waals surface area contributed by atoms with E-state index in [9.17, 15) is 9.18 Å². The SMILES string of the molecule is Cc1cc(F)ccc1-c1cc(CN2CCCNCCC2)cc(C(C(N)=O)c2c(C)cccc2Cl)n1. The first-order valence-corrected chi connectivity index (χ1v) is 12.5. The molecule has 0 aliphatic carbocycles. The zero-order valence-electron chi connectivity index (χ0n) is 20.3. The summed E-state index contributed by atoms with van der Waals surface area (Å²) in [4.78, 5) is 20.1. The Hall–Kier alpha value is -2.80. The molecule has 1 aliphatic rings. The Morgan fingerprint density at radius 3 is 2.51 bits per heavy atom. The fourth-order valence-corrected chi connectivity index (χ4v) is 5.19. The molecule has 1 unspecified atom stereocenters. The summed E-state index contributed by atoms with van der Waals surface area (Å²) in [6, 6.07) is 14.2. The summed E-state index contributed by atoms with van der Waals surface area (Å²) in [5.41, 5.74) is 11.4. The molecule has 0 saturated carbocycles. The molecule has 35 heavy (non-hydrogen) atoms. The topological polar surface area (TPSA) is 71.2 Å². The number of benzene rings is 2. The third-order valence-corrected chi connectivity index (χ3v) is 6.90. The Labute approximate surface area is 211 Å². The van der Waals surface area contributed by atoms with Crippen LogP contribution in [0.4, 0.5) is 4.39 Å². The van der Waals surface area contributed by atoms with Gasteiger partial charge in [-0.05, 0) is 112 Å². The number of amides is 1. The van der Waals surface area contributed by atoms with Crippen LogP contribution in [-0.2, 0) is 11.3 Å². The lowest BCUT2D eigenvalue weighted by molar-refractivity contribution is -0.118. The van der Waals surface area contributed by atoms with E-state index in [1.807, 2.05) is 38.1 Å². The van der Waals surface area contributed by atoms with Gasteiger partial charge >= 0.3 is 0 Å². The highest BCUT2D eigenvalue weighted by atomic mass is 35.5. The Balaban J connectivity index is 1.83. The third-order valence-electron chi connectivity index (χ3n) is 6.57. The number of nitrogens with two attached hydrogens (primary N) is 1. The van der Waals surface area contributed by atoms with Crippen LogP contribution < -0.4 is 11.1 Å². The second-order valence-electron chi connectivity index (χ2n) is 9.28. The molecule has 1 aliphatic heterocycles. The Morgan fingerprint density at radius 1 is 1.11 bits per heavy atom. The number of nitrogens with zero attached hydrogens (tertiary/aromatic N) is 2. The number of hydrogen-bond acceptors (Lipinski definition) is 4. The number of carbonyl (C=O) groups excluding carboxylic acids is 1. The highest BCUT2D eigenvalue weighted by Gasteiger charge is 2.27. The molecule has 0 radical (unpaired) electrons. The van der Waals surface area contributed by atoms with Gasteiger partial charge in [-0.3, -0.25) is 14.7 Å². The number of halogens is 2. The predicted octanol–water partition coefficient (Wildman–Crippen LogP) is 4.96. The minimum absolute atomic E-state index is 0.293. The van der Waals surface area contributed by atoms with Gasteiger partial charge in [-0.1, -0.05) is 23.7 Å². The lowest BCUT2D eigenvalue weighted by atomic mass is 9.89. The summed E-state index contributed by atoms with van der Waals surface area (Å²) < 4.78 is 13.8. The van der Waals surface area contributed by atoms with E-state index in [1.165, 1.54) is 12.1 Å². The molecule has 5 nitrogen and oxygen atoms in total. The fourth-order valence-electron chi connectivity index (χ4n) is 4.86. The first kappa shape index (κ1) is 25.3. The molecule has 1 atom stereocenters. The third kappa shape index (κ3) is 6.07. The Kier molecular flexibility index (Phi) is 8.16. The van der Waals surface area contributed by atoms with Crippen molar-refractivity contribution in [1.29, 1.82) is 0 Å². The van der Waals surface area contributed by atoms with E-state index in [4.69, 9.17) is 22.3 Å². The molecule has 184 valence electrons. The number of aromatic nitrogens is 1. The number of carbonyl (C=O) groups is 1. The molecule has 7 heteroatoms. The van der Waals surface area contributed by atoms with Crippen molar-refractivity contribution in [2.24, 2.45) is 5.73 Å². The van der Waals surface area contributed by atoms with Crippen LogP contribution in [0.15, 0.2) is 48.5 Å². The second kappa shape index (κ2) is 11.3. The molecule has 0 bridgehead atoms. The van der Waals surface area contributed by atoms with Gasteiger partial charge in [0, 0.05) is 17.1 Å². The van der Waals surface area contributed by atoms with Crippen molar-refractivity contribution in [1.82, 2.24) is 15.2 Å². The van der Waals surface area contributed by atoms with Crippen LogP contribution in [0.2, 0.25) is 5.02 Å². The summed E-state index contributed by atoms with van der Waals surface area (Å²) in [7, 11) is 0. The molecule has 2 aromatic carbocycles. The van der Waals surface area contributed by atoms with Crippen LogP contribution in [0.1, 0.15) is 46.7 Å². The quantitative estimate of drug-likeness (QED) is 0.508. The Bertz CT molecular complexity index is 1190. The molecule has 1 saturated heterocycles. The number of nitrogens with one attached hydrogen (secondary N) is 1. The maximum atomic E-state index is 13.8. The monoisotopic (exact) mass is 494 g/mol. The maximum absolute atomic E-state index is 13.8. The average Bonchev–Trinajstić information content (AvgIpc) is 2.77. The normalized spacial score (nSPS) is 15.9. The molecule has 4 rings (SSSR count). The summed E-state index contributed by atoms with van der Waals surface area (Å²) in [5, 5.41) is 3.93. The zero-order valence-corrected chi connectivity index (χ0v) is 21.0. The number of pyridine rings is 1. The van der Waals surface area contributed by atoms with E-state index >= 15 is 0 Å². The first-order chi connectivity index (χ1) is 16.8. The minimum atomic E-state index is -0.792. The van der Waals surface area contributed by atoms with Gasteiger partial charge in [0.05, 0.1) is 11.4 Å². The fraction of sp³-hybridized carbons (Fsp3) is 0.357. The minimum Gasteiger partial charge on any atom is -0.369 e. The van der Waals surface area contributed by atoms with Crippen LogP contribution in [-0.4, -0.2) is 42.0 Å². The zero-order chi connectivity index (χ0) is 24.9. The van der Waals surface area contributed by atoms with Gasteiger partial charge in [-0.25, -0.2) is 4.39 Å². The molecule has 3 aromatic rings. The van der Waals surface area contributed by atoms with Crippen molar-refractivity contribution in [3.05, 3.63) is 87.3 Å². The highest BCUT2D eigenvalue weighted by Crippen LogP contribution is 2.34. The molecular weight excluding hydrogens is 463 g/mol. The van der Waals surface area contributed by atoms with Crippen LogP contribution in [0.25, 0.3) is 11.3 Å². The van der Waals surface area contributed by atoms with Crippen molar-refractivity contribution >= 4 is 17.5 Å². The standard InChI is InChI=1S/C28H32ClFN4O/c1-18-6-3-7-23(29)26(18)27(28(31)35)25-16-20(17-34-12-4-10-32-11-5-13-34)15-24(33-25)22-9-8-21(30)14-19(22)2/h3,6-9,14-16,27,32H,4-5,10-13,17H2,1-2H3,(H2,31,35). The van der Waals surface area contributed by atoms with Crippen molar-refractivity contribution < 1.29 is 9.18 Å². The molecule has 1 amide bonds. The van der Waals surface area contributed by atoms with Crippen molar-refractivity contribution in [2.45, 2.75) is 39.2 Å². The van der Waals surface area contributed by atoms with Crippen LogP contribution in [0.5, 0.6) is 0 Å². The smallest absolute Gasteiger partial charge is 0.231 e. The molecular formula is C28H32ClFN4O. The van der Waals surface area contributed by atoms with Crippen LogP contribution in [0, 0.1) is 19.7 Å². The van der Waals surface area contributed by atoms with E-state index in [-0.39, 0.29) is 5.82 Å². The van der Waals surface area contributed by atoms with Crippen molar-refractivity contribution in [3.8, 4) is 11.3 Å². The highest BCUT2D eigenvalue weighted by molar-refractivity contribution is 6.31. The number of hydrogen-bond donors (Lipinski definition) is 2. The van der Waals surface area contributed by atoms with Crippen molar-refractivity contribution in [2.75, 3.05) is 26.2 Å². The molecule has 3 N–H and O–H groups in total. The predicted molar refractivity (Wildman–Crippen MR) is 139 cm³/mol. The van der Waals surface area contributed by atoms with E-state index in [0.29, 0.717) is 22.0 Å². The second-order valence-corrected chi connectivity index (χ2v) is 9.69. The van der Waals surface area contributed by atoms with Gasteiger partial charge in [0.2, 0.25) is 5.91 Å². The summed E-state index contributed by atoms with van der Waals surface area (Å²) in [6.07, 6.45) is 2.15. The lowest BCUT2D eigenvalue weighted by Crippen LogP contribution is -2.33. The Morgan fingerprint density at radius 2 is 1.86 bits per heavy atom. The summed E-state index contributed by atoms with van der Waals surface area (Å²) in [6.45, 7) is 8.50. The molecule has 0 spiro atoms. The molecule has 1 aromatic heterocycles. The van der Waals surface area contributed by atoms with Gasteiger partial charge in [0.1, 0.15) is 11.7 Å². The summed E-state index contributed by atoms with van der Waals surface area (Å²) >= 11 is 6.56. The molecule has 1 fully saturated rings.